The number of nitrogens with zero attached hydrogens (tertiary/aromatic N) is 2. The fourth-order valence-corrected chi connectivity index (χ4v) is 1.99. The maximum atomic E-state index is 11.7. The molecule has 7 heteroatoms. The Morgan fingerprint density at radius 3 is 2.35 bits per heavy atom. The number of hydrogen-bond acceptors (Lipinski definition) is 4. The molecule has 0 saturated heterocycles. The number of hydrogen-bond donors (Lipinski definition) is 2. The zero-order valence-electron chi connectivity index (χ0n) is 13.5. The Balaban J connectivity index is 2.17. The normalized spacial score (nSPS) is 11.1. The fraction of sp³-hybridized carbons (Fsp3) is 0.312. The first-order valence-electron chi connectivity index (χ1n) is 7.03. The molecule has 0 saturated carbocycles. The third kappa shape index (κ3) is 4.32. The second-order valence-corrected chi connectivity index (χ2v) is 6.07. The van der Waals surface area contributed by atoms with Crippen LogP contribution in [0.25, 0.3) is 11.3 Å². The highest BCUT2D eigenvalue weighted by molar-refractivity contribution is 5.95. The Morgan fingerprint density at radius 2 is 1.83 bits per heavy atom. The Labute approximate surface area is 133 Å². The minimum atomic E-state index is -1.04. The van der Waals surface area contributed by atoms with Gasteiger partial charge in [0, 0.05) is 24.5 Å². The molecule has 122 valence electrons. The van der Waals surface area contributed by atoms with Crippen LogP contribution in [-0.2, 0) is 11.8 Å². The molecule has 0 fully saturated rings. The summed E-state index contributed by atoms with van der Waals surface area (Å²) < 4.78 is 6.62. The summed E-state index contributed by atoms with van der Waals surface area (Å²) in [5.74, 6) is -1.04. The summed E-state index contributed by atoms with van der Waals surface area (Å²) in [7, 11) is 1.66. The molecule has 0 aliphatic rings. The maximum absolute atomic E-state index is 11.7. The first-order chi connectivity index (χ1) is 10.7. The number of anilines is 1. The fourth-order valence-electron chi connectivity index (χ4n) is 1.99. The van der Waals surface area contributed by atoms with E-state index in [0.717, 1.165) is 0 Å². The van der Waals surface area contributed by atoms with Crippen molar-refractivity contribution in [1.82, 2.24) is 9.78 Å². The summed E-state index contributed by atoms with van der Waals surface area (Å²) in [5.41, 5.74) is 1.13. The van der Waals surface area contributed by atoms with Gasteiger partial charge < -0.3 is 9.84 Å². The van der Waals surface area contributed by atoms with Gasteiger partial charge in [-0.1, -0.05) is 12.1 Å². The number of carbonyl (C=O) groups is 2. The van der Waals surface area contributed by atoms with E-state index in [1.54, 1.807) is 52.1 Å². The van der Waals surface area contributed by atoms with E-state index in [0.29, 0.717) is 16.9 Å². The van der Waals surface area contributed by atoms with Crippen LogP contribution in [0.5, 0.6) is 0 Å². The van der Waals surface area contributed by atoms with Crippen molar-refractivity contribution in [3.05, 3.63) is 36.0 Å². The lowest BCUT2D eigenvalue weighted by atomic mass is 10.1. The van der Waals surface area contributed by atoms with Crippen molar-refractivity contribution >= 4 is 17.7 Å². The predicted molar refractivity (Wildman–Crippen MR) is 85.5 cm³/mol. The molecule has 1 amide bonds. The first kappa shape index (κ1) is 16.5. The number of carboxylic acids is 1. The molecule has 0 aliphatic carbocycles. The number of amides is 1. The van der Waals surface area contributed by atoms with Crippen molar-refractivity contribution in [3.8, 4) is 11.3 Å². The van der Waals surface area contributed by atoms with Gasteiger partial charge >= 0.3 is 12.1 Å². The molecule has 1 heterocycles. The quantitative estimate of drug-likeness (QED) is 0.907. The van der Waals surface area contributed by atoms with E-state index in [-0.39, 0.29) is 5.56 Å². The van der Waals surface area contributed by atoms with Gasteiger partial charge in [-0.05, 0) is 32.9 Å². The van der Waals surface area contributed by atoms with Crippen molar-refractivity contribution in [2.75, 3.05) is 5.32 Å². The zero-order valence-corrected chi connectivity index (χ0v) is 13.5. The number of ether oxygens (including phenoxy) is 1. The number of rotatable bonds is 3. The van der Waals surface area contributed by atoms with E-state index in [1.807, 2.05) is 0 Å². The van der Waals surface area contributed by atoms with Gasteiger partial charge in [-0.3, -0.25) is 10.00 Å². The molecule has 0 spiro atoms. The van der Waals surface area contributed by atoms with Gasteiger partial charge in [-0.2, -0.15) is 5.10 Å². The second-order valence-electron chi connectivity index (χ2n) is 6.07. The van der Waals surface area contributed by atoms with Crippen molar-refractivity contribution in [1.29, 1.82) is 0 Å². The number of aryl methyl sites for hydroxylation is 1. The number of aromatic nitrogens is 2. The Kier molecular flexibility index (Phi) is 4.40. The van der Waals surface area contributed by atoms with Gasteiger partial charge in [0.15, 0.2) is 0 Å². The molecule has 0 unspecified atom stereocenters. The molecule has 2 N–H and O–H groups in total. The van der Waals surface area contributed by atoms with E-state index in [9.17, 15) is 14.7 Å². The van der Waals surface area contributed by atoms with Gasteiger partial charge in [-0.25, -0.2) is 9.59 Å². The average molecular weight is 317 g/mol. The van der Waals surface area contributed by atoms with Crippen molar-refractivity contribution in [2.45, 2.75) is 26.4 Å². The van der Waals surface area contributed by atoms with Crippen LogP contribution in [0, 0.1) is 0 Å². The molecule has 0 bridgehead atoms. The summed E-state index contributed by atoms with van der Waals surface area (Å²) in [6.07, 6.45) is 0.902. The lowest BCUT2D eigenvalue weighted by Crippen LogP contribution is -2.27. The van der Waals surface area contributed by atoms with E-state index < -0.39 is 17.7 Å². The van der Waals surface area contributed by atoms with Crippen molar-refractivity contribution < 1.29 is 19.4 Å². The highest BCUT2D eigenvalue weighted by atomic mass is 16.6. The zero-order chi connectivity index (χ0) is 17.2. The maximum Gasteiger partial charge on any atom is 0.412 e. The average Bonchev–Trinajstić information content (AvgIpc) is 2.79. The smallest absolute Gasteiger partial charge is 0.412 e. The Hall–Kier alpha value is -2.83. The third-order valence-corrected chi connectivity index (χ3v) is 2.86. The molecule has 0 radical (unpaired) electrons. The monoisotopic (exact) mass is 317 g/mol. The molecular formula is C16H19N3O4. The van der Waals surface area contributed by atoms with Crippen LogP contribution in [0.4, 0.5) is 10.5 Å². The van der Waals surface area contributed by atoms with Gasteiger partial charge in [0.2, 0.25) is 0 Å². The third-order valence-electron chi connectivity index (χ3n) is 2.86. The molecular weight excluding hydrogens is 298 g/mol. The topological polar surface area (TPSA) is 93.5 Å². The number of carboxylic acid groups (broad SMARTS) is 1. The van der Waals surface area contributed by atoms with E-state index in [4.69, 9.17) is 4.74 Å². The highest BCUT2D eigenvalue weighted by Gasteiger charge is 2.18. The molecule has 0 atom stereocenters. The molecule has 2 rings (SSSR count). The summed E-state index contributed by atoms with van der Waals surface area (Å²) >= 11 is 0. The van der Waals surface area contributed by atoms with Crippen LogP contribution >= 0.6 is 0 Å². The Bertz CT molecular complexity index is 727. The number of carbonyl (C=O) groups excluding carboxylic acids is 1. The Morgan fingerprint density at radius 1 is 1.22 bits per heavy atom. The summed E-state index contributed by atoms with van der Waals surface area (Å²) in [6.45, 7) is 5.35. The van der Waals surface area contributed by atoms with Crippen molar-refractivity contribution in [3.63, 3.8) is 0 Å². The molecule has 1 aromatic carbocycles. The van der Waals surface area contributed by atoms with Crippen LogP contribution in [-0.4, -0.2) is 32.6 Å². The lowest BCUT2D eigenvalue weighted by molar-refractivity contribution is 0.0634. The van der Waals surface area contributed by atoms with Crippen molar-refractivity contribution in [2.24, 2.45) is 7.05 Å². The van der Waals surface area contributed by atoms with Gasteiger partial charge in [0.05, 0.1) is 0 Å². The number of nitrogens with one attached hydrogen (secondary N) is 1. The summed E-state index contributed by atoms with van der Waals surface area (Å²) in [4.78, 5) is 22.9. The molecule has 7 nitrogen and oxygen atoms in total. The van der Waals surface area contributed by atoms with E-state index in [1.165, 1.54) is 10.9 Å². The van der Waals surface area contributed by atoms with Crippen LogP contribution < -0.4 is 5.32 Å². The minimum absolute atomic E-state index is 0.125. The highest BCUT2D eigenvalue weighted by Crippen LogP contribution is 2.24. The SMILES string of the molecule is Cn1cc(C(=O)O)c(-c2ccc(NC(=O)OC(C)(C)C)cc2)n1. The number of benzene rings is 1. The molecule has 1 aromatic heterocycles. The molecule has 2 aromatic rings. The first-order valence-corrected chi connectivity index (χ1v) is 7.03. The van der Waals surface area contributed by atoms with Gasteiger partial charge in [-0.15, -0.1) is 0 Å². The minimum Gasteiger partial charge on any atom is -0.478 e. The second kappa shape index (κ2) is 6.12. The standard InChI is InChI=1S/C16H19N3O4/c1-16(2,3)23-15(22)17-11-7-5-10(6-8-11)13-12(14(20)21)9-19(4)18-13/h5-9H,1-4H3,(H,17,22)(H,20,21). The van der Waals surface area contributed by atoms with Crippen LogP contribution in [0.1, 0.15) is 31.1 Å². The van der Waals surface area contributed by atoms with Crippen LogP contribution in [0.3, 0.4) is 0 Å². The summed E-state index contributed by atoms with van der Waals surface area (Å²) in [6, 6.07) is 6.72. The van der Waals surface area contributed by atoms with E-state index >= 15 is 0 Å². The molecule has 23 heavy (non-hydrogen) atoms. The number of aromatic carboxylic acids is 1. The molecule has 0 aliphatic heterocycles. The van der Waals surface area contributed by atoms with Crippen LogP contribution in [0.15, 0.2) is 30.5 Å². The summed E-state index contributed by atoms with van der Waals surface area (Å²) in [5, 5.41) is 16.0. The largest absolute Gasteiger partial charge is 0.478 e. The van der Waals surface area contributed by atoms with Gasteiger partial charge in [0.1, 0.15) is 16.9 Å². The van der Waals surface area contributed by atoms with Gasteiger partial charge in [0.25, 0.3) is 0 Å². The predicted octanol–water partition coefficient (Wildman–Crippen LogP) is 3.13. The van der Waals surface area contributed by atoms with Crippen LogP contribution in [0.2, 0.25) is 0 Å². The van der Waals surface area contributed by atoms with E-state index in [2.05, 4.69) is 10.4 Å². The lowest BCUT2D eigenvalue weighted by Gasteiger charge is -2.19.